The second-order valence-electron chi connectivity index (χ2n) is 3.57. The molecule has 0 fully saturated rings. The largest absolute Gasteiger partial charge is 0.273 e. The van der Waals surface area contributed by atoms with Gasteiger partial charge in [0.2, 0.25) is 0 Å². The van der Waals surface area contributed by atoms with Crippen molar-refractivity contribution in [1.82, 2.24) is 0 Å². The van der Waals surface area contributed by atoms with Crippen LogP contribution in [0.4, 0.5) is 0 Å². The fourth-order valence-corrected chi connectivity index (χ4v) is 1.18. The quantitative estimate of drug-likeness (QED) is 0.540. The van der Waals surface area contributed by atoms with Crippen LogP contribution in [-0.2, 0) is 34.1 Å². The van der Waals surface area contributed by atoms with Crippen LogP contribution in [0.15, 0.2) is 48.6 Å². The van der Waals surface area contributed by atoms with Crippen LogP contribution in [0.3, 0.4) is 0 Å². The van der Waals surface area contributed by atoms with Crippen LogP contribution in [0, 0.1) is 6.08 Å². The van der Waals surface area contributed by atoms with Crippen LogP contribution in [0.25, 0.3) is 0 Å². The molecule has 0 aromatic heterocycles. The fourth-order valence-electron chi connectivity index (χ4n) is 1.18. The molecular formula is C14H17Fe2-. The van der Waals surface area contributed by atoms with Crippen molar-refractivity contribution in [2.75, 3.05) is 0 Å². The average molecular weight is 297 g/mol. The molecule has 1 aromatic carbocycles. The molecule has 0 aliphatic heterocycles. The van der Waals surface area contributed by atoms with E-state index in [0.29, 0.717) is 5.92 Å². The topological polar surface area (TPSA) is 0 Å². The Morgan fingerprint density at radius 1 is 1.06 bits per heavy atom. The summed E-state index contributed by atoms with van der Waals surface area (Å²) < 4.78 is 0. The SMILES string of the molecule is CC(C)c1ccccc1.[C-]1=CC=CC1.[Fe].[Fe]. The Bertz CT molecular complexity index is 290. The van der Waals surface area contributed by atoms with Gasteiger partial charge < -0.3 is 0 Å². The van der Waals surface area contributed by atoms with E-state index in [1.165, 1.54) is 5.56 Å². The Morgan fingerprint density at radius 3 is 1.94 bits per heavy atom. The molecular weight excluding hydrogens is 280 g/mol. The minimum Gasteiger partial charge on any atom is -0.273 e. The molecule has 1 aliphatic carbocycles. The third kappa shape index (κ3) is 7.96. The number of allylic oxidation sites excluding steroid dienone is 4. The molecule has 0 bridgehead atoms. The summed E-state index contributed by atoms with van der Waals surface area (Å²) in [6.07, 6.45) is 10.0. The van der Waals surface area contributed by atoms with Gasteiger partial charge in [0.15, 0.2) is 0 Å². The summed E-state index contributed by atoms with van der Waals surface area (Å²) in [5, 5.41) is 0. The molecule has 2 rings (SSSR count). The Hall–Kier alpha value is -0.261. The van der Waals surface area contributed by atoms with E-state index in [1.807, 2.05) is 18.2 Å². The van der Waals surface area contributed by atoms with Crippen molar-refractivity contribution in [2.45, 2.75) is 26.2 Å². The van der Waals surface area contributed by atoms with Crippen LogP contribution in [0.2, 0.25) is 0 Å². The van der Waals surface area contributed by atoms with Crippen molar-refractivity contribution >= 4 is 0 Å². The molecule has 0 N–H and O–H groups in total. The summed E-state index contributed by atoms with van der Waals surface area (Å²) in [4.78, 5) is 0. The van der Waals surface area contributed by atoms with Gasteiger partial charge in [-0.2, -0.15) is 6.08 Å². The summed E-state index contributed by atoms with van der Waals surface area (Å²) in [6.45, 7) is 4.41. The molecule has 90 valence electrons. The van der Waals surface area contributed by atoms with Gasteiger partial charge in [0, 0.05) is 34.1 Å². The summed E-state index contributed by atoms with van der Waals surface area (Å²) in [5.41, 5.74) is 1.41. The molecule has 0 unspecified atom stereocenters. The maximum absolute atomic E-state index is 2.99. The smallest absolute Gasteiger partial charge is 0 e. The summed E-state index contributed by atoms with van der Waals surface area (Å²) in [5.74, 6) is 0.659. The zero-order valence-electron chi connectivity index (χ0n) is 9.61. The first-order chi connectivity index (χ1) is 6.80. The molecule has 1 aliphatic rings. The van der Waals surface area contributed by atoms with Crippen molar-refractivity contribution in [3.8, 4) is 0 Å². The number of rotatable bonds is 1. The van der Waals surface area contributed by atoms with Gasteiger partial charge in [0.25, 0.3) is 0 Å². The van der Waals surface area contributed by atoms with Gasteiger partial charge >= 0.3 is 0 Å². The monoisotopic (exact) mass is 297 g/mol. The Labute approximate surface area is 120 Å². The van der Waals surface area contributed by atoms with Crippen LogP contribution >= 0.6 is 0 Å². The van der Waals surface area contributed by atoms with E-state index in [2.05, 4.69) is 50.3 Å². The first-order valence-electron chi connectivity index (χ1n) is 5.07. The van der Waals surface area contributed by atoms with E-state index in [9.17, 15) is 0 Å². The fraction of sp³-hybridized carbons (Fsp3) is 0.286. The van der Waals surface area contributed by atoms with Crippen molar-refractivity contribution in [3.05, 3.63) is 60.2 Å². The predicted octanol–water partition coefficient (Wildman–Crippen LogP) is 4.11. The summed E-state index contributed by atoms with van der Waals surface area (Å²) in [6, 6.07) is 10.5. The van der Waals surface area contributed by atoms with Crippen LogP contribution in [-0.4, -0.2) is 0 Å². The molecule has 0 spiro atoms. The first kappa shape index (κ1) is 18.1. The van der Waals surface area contributed by atoms with E-state index >= 15 is 0 Å². The van der Waals surface area contributed by atoms with Crippen LogP contribution < -0.4 is 0 Å². The summed E-state index contributed by atoms with van der Waals surface area (Å²) in [7, 11) is 0. The van der Waals surface area contributed by atoms with E-state index < -0.39 is 0 Å². The second kappa shape index (κ2) is 11.2. The van der Waals surface area contributed by atoms with Gasteiger partial charge in [-0.1, -0.05) is 44.2 Å². The zero-order chi connectivity index (χ0) is 10.2. The second-order valence-corrected chi connectivity index (χ2v) is 3.57. The molecule has 2 heteroatoms. The average Bonchev–Trinajstić information content (AvgIpc) is 2.77. The van der Waals surface area contributed by atoms with Gasteiger partial charge in [-0.15, -0.1) is 6.42 Å². The number of benzene rings is 1. The summed E-state index contributed by atoms with van der Waals surface area (Å²) >= 11 is 0. The Morgan fingerprint density at radius 2 is 1.69 bits per heavy atom. The molecule has 0 saturated carbocycles. The molecule has 0 amide bonds. The van der Waals surface area contributed by atoms with E-state index in [0.717, 1.165) is 6.42 Å². The first-order valence-corrected chi connectivity index (χ1v) is 5.07. The van der Waals surface area contributed by atoms with Crippen LogP contribution in [0.5, 0.6) is 0 Å². The van der Waals surface area contributed by atoms with E-state index in [1.54, 1.807) is 0 Å². The van der Waals surface area contributed by atoms with Crippen molar-refractivity contribution in [3.63, 3.8) is 0 Å². The molecule has 0 heterocycles. The van der Waals surface area contributed by atoms with Crippen molar-refractivity contribution in [2.24, 2.45) is 0 Å². The standard InChI is InChI=1S/C9H12.C5H5.2Fe/c1-8(2)9-6-4-3-5-7-9;1-2-4-5-3-1;;/h3-8H,1-2H3;1-3H,4H2;;/q;-1;;. The normalized spacial score (nSPS) is 11.2. The van der Waals surface area contributed by atoms with Crippen LogP contribution in [0.1, 0.15) is 31.7 Å². The van der Waals surface area contributed by atoms with Crippen molar-refractivity contribution < 1.29 is 34.1 Å². The molecule has 1 aromatic rings. The maximum atomic E-state index is 2.99. The predicted molar refractivity (Wildman–Crippen MR) is 62.1 cm³/mol. The van der Waals surface area contributed by atoms with Gasteiger partial charge in [0.1, 0.15) is 0 Å². The van der Waals surface area contributed by atoms with Gasteiger partial charge in [-0.25, -0.2) is 12.2 Å². The third-order valence-corrected chi connectivity index (χ3v) is 2.05. The maximum Gasteiger partial charge on any atom is 0 e. The Balaban J connectivity index is 0. The molecule has 0 atom stereocenters. The molecule has 0 saturated heterocycles. The minimum absolute atomic E-state index is 0. The molecule has 16 heavy (non-hydrogen) atoms. The molecule has 0 nitrogen and oxygen atoms in total. The number of hydrogen-bond donors (Lipinski definition) is 0. The van der Waals surface area contributed by atoms with Gasteiger partial charge in [0.05, 0.1) is 0 Å². The van der Waals surface area contributed by atoms with Crippen molar-refractivity contribution in [1.29, 1.82) is 0 Å². The van der Waals surface area contributed by atoms with Gasteiger partial charge in [-0.05, 0) is 11.5 Å². The van der Waals surface area contributed by atoms with E-state index in [4.69, 9.17) is 0 Å². The van der Waals surface area contributed by atoms with E-state index in [-0.39, 0.29) is 34.1 Å². The minimum atomic E-state index is 0. The Kier molecular flexibility index (Phi) is 12.7. The number of hydrogen-bond acceptors (Lipinski definition) is 0. The van der Waals surface area contributed by atoms with Gasteiger partial charge in [-0.3, -0.25) is 6.08 Å². The zero-order valence-corrected chi connectivity index (χ0v) is 11.8. The molecule has 0 radical (unpaired) electrons. The third-order valence-electron chi connectivity index (χ3n) is 2.05.